The van der Waals surface area contributed by atoms with Crippen LogP contribution in [0.15, 0.2) is 58.1 Å². The molecule has 0 aliphatic carbocycles. The van der Waals surface area contributed by atoms with Crippen molar-refractivity contribution in [1.29, 1.82) is 0 Å². The Morgan fingerprint density at radius 2 is 1.77 bits per heavy atom. The Labute approximate surface area is 160 Å². The quantitative estimate of drug-likeness (QED) is 0.532. The van der Waals surface area contributed by atoms with E-state index in [2.05, 4.69) is 31.8 Å². The van der Waals surface area contributed by atoms with Gasteiger partial charge in [0.15, 0.2) is 6.61 Å². The summed E-state index contributed by atoms with van der Waals surface area (Å²) in [4.78, 5) is 23.8. The second kappa shape index (κ2) is 9.72. The van der Waals surface area contributed by atoms with Gasteiger partial charge in [-0.05, 0) is 49.7 Å². The zero-order valence-corrected chi connectivity index (χ0v) is 16.2. The van der Waals surface area contributed by atoms with Gasteiger partial charge in [0.2, 0.25) is 5.91 Å². The summed E-state index contributed by atoms with van der Waals surface area (Å²) in [5.74, 6) is 0.0529. The number of ether oxygens (including phenoxy) is 1. The minimum Gasteiger partial charge on any atom is -0.483 e. The molecule has 0 bridgehead atoms. The molecule has 0 radical (unpaired) electrons. The molecule has 2 aromatic carbocycles. The number of amides is 2. The monoisotopic (exact) mass is 417 g/mol. The third-order valence-corrected chi connectivity index (χ3v) is 3.90. The van der Waals surface area contributed by atoms with Crippen LogP contribution in [0.3, 0.4) is 0 Å². The Kier molecular flexibility index (Phi) is 7.35. The fourth-order valence-electron chi connectivity index (χ4n) is 2.06. The molecule has 2 N–H and O–H groups in total. The lowest BCUT2D eigenvalue weighted by Crippen LogP contribution is -2.26. The second-order valence-electron chi connectivity index (χ2n) is 5.67. The zero-order chi connectivity index (χ0) is 18.9. The number of benzene rings is 2. The van der Waals surface area contributed by atoms with Crippen LogP contribution in [0.4, 0.5) is 5.69 Å². The molecule has 7 heteroatoms. The van der Waals surface area contributed by atoms with Gasteiger partial charge in [-0.2, -0.15) is 5.10 Å². The Bertz CT molecular complexity index is 804. The summed E-state index contributed by atoms with van der Waals surface area (Å²) < 4.78 is 6.37. The van der Waals surface area contributed by atoms with E-state index >= 15 is 0 Å². The first-order chi connectivity index (χ1) is 12.4. The number of nitrogens with one attached hydrogen (secondary N) is 2. The lowest BCUT2D eigenvalue weighted by molar-refractivity contribution is -0.123. The molecule has 136 valence electrons. The molecule has 0 fully saturated rings. The van der Waals surface area contributed by atoms with Gasteiger partial charge in [0.05, 0.1) is 6.42 Å². The van der Waals surface area contributed by atoms with Gasteiger partial charge in [0, 0.05) is 15.9 Å². The number of hydrogen-bond acceptors (Lipinski definition) is 4. The maximum Gasteiger partial charge on any atom is 0.277 e. The summed E-state index contributed by atoms with van der Waals surface area (Å²) in [6, 6.07) is 14.7. The standard InChI is InChI=1S/C19H20BrN3O3/c1-13-5-3-4-6-17(13)26-12-19(25)23-22-14(2)11-18(24)21-16-9-7-15(20)8-10-16/h3-10H,11-12H2,1-2H3,(H,21,24)(H,23,25)/b22-14+. The number of anilines is 1. The lowest BCUT2D eigenvalue weighted by Gasteiger charge is -2.08. The van der Waals surface area contributed by atoms with E-state index < -0.39 is 0 Å². The van der Waals surface area contributed by atoms with E-state index in [0.717, 1.165) is 10.0 Å². The maximum absolute atomic E-state index is 12.0. The van der Waals surface area contributed by atoms with Crippen molar-refractivity contribution in [3.8, 4) is 5.75 Å². The van der Waals surface area contributed by atoms with Crippen molar-refractivity contribution in [2.24, 2.45) is 5.10 Å². The molecule has 0 atom stereocenters. The van der Waals surface area contributed by atoms with Crippen LogP contribution >= 0.6 is 15.9 Å². The number of aryl methyl sites for hydroxylation is 1. The summed E-state index contributed by atoms with van der Waals surface area (Å²) in [6.45, 7) is 3.43. The minimum atomic E-state index is -0.388. The largest absolute Gasteiger partial charge is 0.483 e. The highest BCUT2D eigenvalue weighted by atomic mass is 79.9. The Morgan fingerprint density at radius 1 is 1.08 bits per heavy atom. The number of para-hydroxylation sites is 1. The van der Waals surface area contributed by atoms with Crippen molar-refractivity contribution in [2.75, 3.05) is 11.9 Å². The maximum atomic E-state index is 12.0. The summed E-state index contributed by atoms with van der Waals surface area (Å²) in [6.07, 6.45) is 0.0784. The van der Waals surface area contributed by atoms with Crippen LogP contribution in [0.1, 0.15) is 18.9 Å². The highest BCUT2D eigenvalue weighted by molar-refractivity contribution is 9.10. The molecule has 0 unspecified atom stereocenters. The van der Waals surface area contributed by atoms with E-state index in [1.165, 1.54) is 0 Å². The predicted octanol–water partition coefficient (Wildman–Crippen LogP) is 3.66. The molecule has 0 aliphatic rings. The van der Waals surface area contributed by atoms with E-state index in [1.807, 2.05) is 37.3 Å². The van der Waals surface area contributed by atoms with E-state index in [-0.39, 0.29) is 24.8 Å². The molecular formula is C19H20BrN3O3. The number of halogens is 1. The summed E-state index contributed by atoms with van der Waals surface area (Å²) in [5, 5.41) is 6.69. The Hall–Kier alpha value is -2.67. The van der Waals surface area contributed by atoms with Gasteiger partial charge in [0.25, 0.3) is 5.91 Å². The molecular weight excluding hydrogens is 398 g/mol. The summed E-state index contributed by atoms with van der Waals surface area (Å²) in [7, 11) is 0. The molecule has 2 rings (SSSR count). The van der Waals surface area contributed by atoms with Crippen LogP contribution in [0, 0.1) is 6.92 Å². The molecule has 0 saturated carbocycles. The van der Waals surface area contributed by atoms with Gasteiger partial charge in [-0.1, -0.05) is 34.1 Å². The average molecular weight is 418 g/mol. The van der Waals surface area contributed by atoms with Crippen LogP contribution in [-0.2, 0) is 9.59 Å². The number of rotatable bonds is 7. The normalized spacial score (nSPS) is 11.0. The Balaban J connectivity index is 1.76. The first kappa shape index (κ1) is 19.7. The molecule has 0 aromatic heterocycles. The third kappa shape index (κ3) is 6.68. The SMILES string of the molecule is C/C(CC(=O)Nc1ccc(Br)cc1)=N\NC(=O)COc1ccccc1C. The van der Waals surface area contributed by atoms with Crippen molar-refractivity contribution >= 4 is 39.1 Å². The minimum absolute atomic E-state index is 0.0784. The molecule has 2 aromatic rings. The molecule has 6 nitrogen and oxygen atoms in total. The molecule has 26 heavy (non-hydrogen) atoms. The third-order valence-electron chi connectivity index (χ3n) is 3.37. The van der Waals surface area contributed by atoms with Crippen LogP contribution in [0.5, 0.6) is 5.75 Å². The van der Waals surface area contributed by atoms with Crippen LogP contribution < -0.4 is 15.5 Å². The highest BCUT2D eigenvalue weighted by Gasteiger charge is 2.07. The van der Waals surface area contributed by atoms with Crippen molar-refractivity contribution in [3.63, 3.8) is 0 Å². The highest BCUT2D eigenvalue weighted by Crippen LogP contribution is 2.16. The van der Waals surface area contributed by atoms with E-state index in [9.17, 15) is 9.59 Å². The van der Waals surface area contributed by atoms with E-state index in [1.54, 1.807) is 25.1 Å². The molecule has 0 saturated heterocycles. The molecule has 0 aliphatic heterocycles. The number of nitrogens with zero attached hydrogens (tertiary/aromatic N) is 1. The van der Waals surface area contributed by atoms with Gasteiger partial charge in [-0.15, -0.1) is 0 Å². The van der Waals surface area contributed by atoms with Crippen LogP contribution in [-0.4, -0.2) is 24.1 Å². The average Bonchev–Trinajstić information content (AvgIpc) is 2.61. The summed E-state index contributed by atoms with van der Waals surface area (Å²) >= 11 is 3.34. The van der Waals surface area contributed by atoms with Crippen LogP contribution in [0.25, 0.3) is 0 Å². The van der Waals surface area contributed by atoms with Gasteiger partial charge in [-0.25, -0.2) is 5.43 Å². The van der Waals surface area contributed by atoms with Crippen molar-refractivity contribution in [2.45, 2.75) is 20.3 Å². The van der Waals surface area contributed by atoms with E-state index in [0.29, 0.717) is 17.1 Å². The smallest absolute Gasteiger partial charge is 0.277 e. The molecule has 0 spiro atoms. The van der Waals surface area contributed by atoms with Crippen molar-refractivity contribution in [1.82, 2.24) is 5.43 Å². The van der Waals surface area contributed by atoms with Crippen molar-refractivity contribution in [3.05, 3.63) is 58.6 Å². The Morgan fingerprint density at radius 3 is 2.46 bits per heavy atom. The number of carbonyl (C=O) groups is 2. The van der Waals surface area contributed by atoms with Gasteiger partial charge < -0.3 is 10.1 Å². The zero-order valence-electron chi connectivity index (χ0n) is 14.6. The molecule has 0 heterocycles. The topological polar surface area (TPSA) is 79.8 Å². The fraction of sp³-hybridized carbons (Fsp3) is 0.211. The lowest BCUT2D eigenvalue weighted by atomic mass is 10.2. The van der Waals surface area contributed by atoms with Gasteiger partial charge in [-0.3, -0.25) is 9.59 Å². The van der Waals surface area contributed by atoms with Crippen molar-refractivity contribution < 1.29 is 14.3 Å². The van der Waals surface area contributed by atoms with Gasteiger partial charge in [0.1, 0.15) is 5.75 Å². The second-order valence-corrected chi connectivity index (χ2v) is 6.58. The first-order valence-electron chi connectivity index (χ1n) is 8.00. The number of hydrazone groups is 1. The first-order valence-corrected chi connectivity index (χ1v) is 8.79. The summed E-state index contributed by atoms with van der Waals surface area (Å²) in [5.41, 5.74) is 4.52. The predicted molar refractivity (Wildman–Crippen MR) is 105 cm³/mol. The number of hydrogen-bond donors (Lipinski definition) is 2. The number of carbonyl (C=O) groups excluding carboxylic acids is 2. The van der Waals surface area contributed by atoms with Crippen LogP contribution in [0.2, 0.25) is 0 Å². The fourth-order valence-corrected chi connectivity index (χ4v) is 2.33. The molecule has 2 amide bonds. The van der Waals surface area contributed by atoms with Gasteiger partial charge >= 0.3 is 0 Å². The van der Waals surface area contributed by atoms with E-state index in [4.69, 9.17) is 4.74 Å².